The number of nitrogens with one attached hydrogen (secondary N) is 1. The van der Waals surface area contributed by atoms with Crippen LogP contribution in [0.2, 0.25) is 5.02 Å². The Hall–Kier alpha value is -1.13. The maximum absolute atomic E-state index is 10.9. The third-order valence-electron chi connectivity index (χ3n) is 1.54. The topological polar surface area (TPSA) is 45.8 Å². The van der Waals surface area contributed by atoms with Crippen LogP contribution < -0.4 is 5.56 Å². The molecule has 0 bridgehead atoms. The van der Waals surface area contributed by atoms with Crippen molar-refractivity contribution < 1.29 is 0 Å². The highest BCUT2D eigenvalue weighted by Crippen LogP contribution is 2.31. The van der Waals surface area contributed by atoms with Gasteiger partial charge < -0.3 is 0 Å². The van der Waals surface area contributed by atoms with Gasteiger partial charge in [0.25, 0.3) is 5.56 Å². The highest BCUT2D eigenvalue weighted by atomic mass is 35.5. The fourth-order valence-corrected chi connectivity index (χ4v) is 2.15. The average Bonchev–Trinajstić information content (AvgIpc) is 2.51. The van der Waals surface area contributed by atoms with Crippen LogP contribution in [0, 0.1) is 0 Å². The molecule has 0 spiro atoms. The summed E-state index contributed by atoms with van der Waals surface area (Å²) in [7, 11) is 0. The third kappa shape index (κ3) is 1.64. The standard InChI is InChI=1S/C8H5ClN2OS/c9-6-1-2-13-8(6)5-3-7(12)11-10-4-5/h1-4H,(H,11,12). The summed E-state index contributed by atoms with van der Waals surface area (Å²) in [5.41, 5.74) is 0.533. The first-order valence-corrected chi connectivity index (χ1v) is 4.81. The SMILES string of the molecule is O=c1cc(-c2sccc2Cl)cn[nH]1. The Bertz CT molecular complexity index is 477. The summed E-state index contributed by atoms with van der Waals surface area (Å²) >= 11 is 7.38. The van der Waals surface area contributed by atoms with Crippen molar-refractivity contribution in [1.29, 1.82) is 0 Å². The van der Waals surface area contributed by atoms with Crippen molar-refractivity contribution in [1.82, 2.24) is 10.2 Å². The highest BCUT2D eigenvalue weighted by Gasteiger charge is 2.04. The van der Waals surface area contributed by atoms with E-state index in [9.17, 15) is 4.79 Å². The molecule has 0 atom stereocenters. The van der Waals surface area contributed by atoms with Gasteiger partial charge in [-0.25, -0.2) is 5.10 Å². The van der Waals surface area contributed by atoms with Gasteiger partial charge in [-0.2, -0.15) is 5.10 Å². The zero-order valence-corrected chi connectivity index (χ0v) is 8.02. The molecule has 0 aliphatic heterocycles. The molecule has 2 rings (SSSR count). The van der Waals surface area contributed by atoms with E-state index in [1.165, 1.54) is 17.4 Å². The quantitative estimate of drug-likeness (QED) is 0.788. The molecule has 0 aliphatic rings. The number of nitrogens with zero attached hydrogens (tertiary/aromatic N) is 1. The summed E-state index contributed by atoms with van der Waals surface area (Å²) in [5, 5.41) is 8.53. The number of hydrogen-bond donors (Lipinski definition) is 1. The fraction of sp³-hybridized carbons (Fsp3) is 0. The van der Waals surface area contributed by atoms with Crippen molar-refractivity contribution in [3.8, 4) is 10.4 Å². The zero-order chi connectivity index (χ0) is 9.26. The van der Waals surface area contributed by atoms with Crippen LogP contribution in [-0.2, 0) is 0 Å². The fourth-order valence-electron chi connectivity index (χ4n) is 1.00. The second kappa shape index (κ2) is 3.32. The molecule has 0 unspecified atom stereocenters. The second-order valence-electron chi connectivity index (χ2n) is 2.43. The van der Waals surface area contributed by atoms with Crippen LogP contribution in [0.1, 0.15) is 0 Å². The van der Waals surface area contributed by atoms with E-state index in [1.54, 1.807) is 12.3 Å². The van der Waals surface area contributed by atoms with Gasteiger partial charge in [0.2, 0.25) is 0 Å². The molecule has 66 valence electrons. The molecule has 0 aromatic carbocycles. The Morgan fingerprint density at radius 3 is 3.00 bits per heavy atom. The highest BCUT2D eigenvalue weighted by molar-refractivity contribution is 7.14. The Labute approximate surface area is 83.0 Å². The zero-order valence-electron chi connectivity index (χ0n) is 6.45. The van der Waals surface area contributed by atoms with Gasteiger partial charge in [0.15, 0.2) is 0 Å². The Balaban J connectivity index is 2.59. The lowest BCUT2D eigenvalue weighted by atomic mass is 10.2. The lowest BCUT2D eigenvalue weighted by Crippen LogP contribution is -2.05. The summed E-state index contributed by atoms with van der Waals surface area (Å²) in [6.07, 6.45) is 1.58. The lowest BCUT2D eigenvalue weighted by Gasteiger charge is -1.94. The minimum atomic E-state index is -0.220. The predicted octanol–water partition coefficient (Wildman–Crippen LogP) is 2.15. The predicted molar refractivity (Wildman–Crippen MR) is 53.2 cm³/mol. The molecule has 0 aliphatic carbocycles. The van der Waals surface area contributed by atoms with E-state index in [2.05, 4.69) is 10.2 Å². The van der Waals surface area contributed by atoms with Crippen LogP contribution in [-0.4, -0.2) is 10.2 Å². The summed E-state index contributed by atoms with van der Waals surface area (Å²) < 4.78 is 0. The molecule has 0 fully saturated rings. The number of halogens is 1. The minimum Gasteiger partial charge on any atom is -0.268 e. The average molecular weight is 213 g/mol. The van der Waals surface area contributed by atoms with Gasteiger partial charge >= 0.3 is 0 Å². The van der Waals surface area contributed by atoms with Crippen LogP contribution in [0.5, 0.6) is 0 Å². The summed E-state index contributed by atoms with van der Waals surface area (Å²) in [4.78, 5) is 11.8. The van der Waals surface area contributed by atoms with E-state index in [-0.39, 0.29) is 5.56 Å². The van der Waals surface area contributed by atoms with Crippen molar-refractivity contribution in [3.63, 3.8) is 0 Å². The largest absolute Gasteiger partial charge is 0.268 e. The molecular formula is C8H5ClN2OS. The summed E-state index contributed by atoms with van der Waals surface area (Å²) in [6.45, 7) is 0. The molecule has 2 aromatic rings. The lowest BCUT2D eigenvalue weighted by molar-refractivity contribution is 0.992. The number of rotatable bonds is 1. The monoisotopic (exact) mass is 212 g/mol. The van der Waals surface area contributed by atoms with Crippen molar-refractivity contribution in [2.75, 3.05) is 0 Å². The number of hydrogen-bond acceptors (Lipinski definition) is 3. The van der Waals surface area contributed by atoms with Crippen LogP contribution in [0.15, 0.2) is 28.5 Å². The molecule has 0 amide bonds. The van der Waals surface area contributed by atoms with E-state index in [1.807, 2.05) is 5.38 Å². The van der Waals surface area contributed by atoms with Crippen LogP contribution >= 0.6 is 22.9 Å². The van der Waals surface area contributed by atoms with Crippen LogP contribution in [0.25, 0.3) is 10.4 Å². The second-order valence-corrected chi connectivity index (χ2v) is 3.75. The van der Waals surface area contributed by atoms with Gasteiger partial charge in [0.1, 0.15) is 0 Å². The number of thiophene rings is 1. The van der Waals surface area contributed by atoms with Gasteiger partial charge in [0, 0.05) is 11.6 Å². The molecule has 0 radical (unpaired) electrons. The number of H-pyrrole nitrogens is 1. The van der Waals surface area contributed by atoms with Crippen molar-refractivity contribution in [2.24, 2.45) is 0 Å². The molecule has 0 saturated carbocycles. The molecule has 2 heterocycles. The minimum absolute atomic E-state index is 0.220. The first-order chi connectivity index (χ1) is 6.27. The van der Waals surface area contributed by atoms with Crippen LogP contribution in [0.3, 0.4) is 0 Å². The van der Waals surface area contributed by atoms with Gasteiger partial charge in [-0.15, -0.1) is 11.3 Å². The molecule has 3 nitrogen and oxygen atoms in total. The molecule has 0 saturated heterocycles. The van der Waals surface area contributed by atoms with Crippen molar-refractivity contribution >= 4 is 22.9 Å². The van der Waals surface area contributed by atoms with E-state index in [0.29, 0.717) is 5.02 Å². The molecule has 13 heavy (non-hydrogen) atoms. The van der Waals surface area contributed by atoms with Gasteiger partial charge in [0.05, 0.1) is 16.1 Å². The van der Waals surface area contributed by atoms with E-state index in [0.717, 1.165) is 10.4 Å². The summed E-state index contributed by atoms with van der Waals surface area (Å²) in [6, 6.07) is 3.27. The Morgan fingerprint density at radius 2 is 2.38 bits per heavy atom. The molecule has 2 aromatic heterocycles. The molecular weight excluding hydrogens is 208 g/mol. The maximum atomic E-state index is 10.9. The smallest absolute Gasteiger partial charge is 0.264 e. The maximum Gasteiger partial charge on any atom is 0.264 e. The Kier molecular flexibility index (Phi) is 2.16. The number of aromatic nitrogens is 2. The summed E-state index contributed by atoms with van der Waals surface area (Å²) in [5.74, 6) is 0. The van der Waals surface area contributed by atoms with Gasteiger partial charge in [-0.3, -0.25) is 4.79 Å². The normalized spacial score (nSPS) is 10.2. The number of aromatic amines is 1. The third-order valence-corrected chi connectivity index (χ3v) is 2.93. The first-order valence-electron chi connectivity index (χ1n) is 3.55. The van der Waals surface area contributed by atoms with Gasteiger partial charge in [-0.05, 0) is 11.4 Å². The first kappa shape index (κ1) is 8.47. The van der Waals surface area contributed by atoms with Crippen molar-refractivity contribution in [2.45, 2.75) is 0 Å². The van der Waals surface area contributed by atoms with Crippen LogP contribution in [0.4, 0.5) is 0 Å². The van der Waals surface area contributed by atoms with E-state index < -0.39 is 0 Å². The molecule has 5 heteroatoms. The van der Waals surface area contributed by atoms with Crippen molar-refractivity contribution in [3.05, 3.63) is 39.1 Å². The van der Waals surface area contributed by atoms with E-state index in [4.69, 9.17) is 11.6 Å². The Morgan fingerprint density at radius 1 is 1.54 bits per heavy atom. The van der Waals surface area contributed by atoms with E-state index >= 15 is 0 Å². The van der Waals surface area contributed by atoms with Gasteiger partial charge in [-0.1, -0.05) is 11.6 Å². The molecule has 1 N–H and O–H groups in total.